The highest BCUT2D eigenvalue weighted by Gasteiger charge is 2.62. The second-order valence-corrected chi connectivity index (χ2v) is 13.9. The molecule has 38 heavy (non-hydrogen) atoms. The Morgan fingerprint density at radius 2 is 1.68 bits per heavy atom. The average Bonchev–Trinajstić information content (AvgIpc) is 3.19. The maximum Gasteiger partial charge on any atom is 0.303 e. The molecule has 1 aliphatic heterocycles. The molecule has 1 heterocycles. The van der Waals surface area contributed by atoms with Crippen LogP contribution in [0.2, 0.25) is 0 Å². The van der Waals surface area contributed by atoms with E-state index >= 15 is 0 Å². The molecule has 208 valence electrons. The third kappa shape index (κ3) is 4.53. The summed E-state index contributed by atoms with van der Waals surface area (Å²) in [6, 6.07) is 9.12. The number of piperidine rings is 1. The van der Waals surface area contributed by atoms with Gasteiger partial charge in [-0.15, -0.1) is 0 Å². The number of likely N-dealkylation sites (tertiary alicyclic amines) is 1. The van der Waals surface area contributed by atoms with Crippen molar-refractivity contribution in [1.29, 1.82) is 0 Å². The van der Waals surface area contributed by atoms with Crippen molar-refractivity contribution in [3.05, 3.63) is 35.4 Å². The molecular formula is C34H49NO3. The van der Waals surface area contributed by atoms with Crippen LogP contribution >= 0.6 is 0 Å². The van der Waals surface area contributed by atoms with Crippen molar-refractivity contribution >= 4 is 12.0 Å². The summed E-state index contributed by atoms with van der Waals surface area (Å²) in [4.78, 5) is 15.2. The molecule has 0 bridgehead atoms. The molecule has 5 aliphatic rings. The second kappa shape index (κ2) is 10.3. The van der Waals surface area contributed by atoms with Crippen molar-refractivity contribution in [3.8, 4) is 5.75 Å². The van der Waals surface area contributed by atoms with E-state index in [2.05, 4.69) is 37.0 Å². The summed E-state index contributed by atoms with van der Waals surface area (Å²) >= 11 is 0. The van der Waals surface area contributed by atoms with Crippen LogP contribution in [0.25, 0.3) is 6.08 Å². The molecule has 8 atom stereocenters. The van der Waals surface area contributed by atoms with Gasteiger partial charge in [-0.05, 0) is 130 Å². The molecule has 1 saturated heterocycles. The highest BCUT2D eigenvalue weighted by atomic mass is 16.5. The molecule has 0 aromatic heterocycles. The summed E-state index contributed by atoms with van der Waals surface area (Å²) in [5.74, 6) is 3.78. The molecule has 0 spiro atoms. The van der Waals surface area contributed by atoms with E-state index in [9.17, 15) is 4.79 Å². The zero-order valence-electron chi connectivity index (χ0n) is 24.2. The van der Waals surface area contributed by atoms with Gasteiger partial charge in [-0.1, -0.05) is 38.5 Å². The van der Waals surface area contributed by atoms with Crippen LogP contribution in [0.15, 0.2) is 29.8 Å². The molecule has 1 aromatic carbocycles. The number of fused-ring (bicyclic) bond motifs is 5. The van der Waals surface area contributed by atoms with E-state index in [-0.39, 0.29) is 17.5 Å². The number of carbonyl (C=O) groups is 1. The van der Waals surface area contributed by atoms with E-state index in [1.807, 2.05) is 12.1 Å². The Morgan fingerprint density at radius 3 is 2.39 bits per heavy atom. The molecule has 0 amide bonds. The standard InChI is InChI=1S/C34H49NO3/c1-23(36)38-32-25(20-24-8-11-28(37-4)12-9-24)21-31-29-13-10-26-22-27(35-18-6-5-7-19-35)14-16-33(26,2)30(29)15-17-34(31,32)3/h8-9,11-12,20,26-27,29-32H,5-7,10,13-19,21-22H2,1-4H3/b25-20+/t26-,27-,29+,30-,31-,32-,33-,34-/m0/s1. The normalized spacial score (nSPS) is 42.2. The maximum atomic E-state index is 12.3. The fourth-order valence-corrected chi connectivity index (χ4v) is 10.1. The summed E-state index contributed by atoms with van der Waals surface area (Å²) in [6.07, 6.45) is 17.0. The molecule has 0 N–H and O–H groups in total. The van der Waals surface area contributed by atoms with E-state index < -0.39 is 0 Å². The number of ether oxygens (including phenoxy) is 2. The summed E-state index contributed by atoms with van der Waals surface area (Å²) in [5, 5.41) is 0. The average molecular weight is 520 g/mol. The van der Waals surface area contributed by atoms with Gasteiger partial charge in [0.2, 0.25) is 0 Å². The minimum atomic E-state index is -0.147. The highest BCUT2D eigenvalue weighted by Crippen LogP contribution is 2.67. The van der Waals surface area contributed by atoms with Gasteiger partial charge in [0, 0.05) is 18.4 Å². The molecule has 6 rings (SSSR count). The predicted molar refractivity (Wildman–Crippen MR) is 153 cm³/mol. The SMILES string of the molecule is COc1ccc(/C=C2\C[C@H]3[C@@H]4CC[C@H]5C[C@@H](N6CCCCC6)CC[C@]5(C)[C@H]4CC[C@]3(C)[C@H]2OC(C)=O)cc1. The van der Waals surface area contributed by atoms with Gasteiger partial charge in [0.1, 0.15) is 11.9 Å². The summed E-state index contributed by atoms with van der Waals surface area (Å²) in [6.45, 7) is 9.37. The molecule has 4 nitrogen and oxygen atoms in total. The third-order valence-corrected chi connectivity index (χ3v) is 12.1. The first-order valence-corrected chi connectivity index (χ1v) is 15.6. The number of esters is 1. The summed E-state index contributed by atoms with van der Waals surface area (Å²) in [7, 11) is 1.71. The Hall–Kier alpha value is -1.81. The van der Waals surface area contributed by atoms with Gasteiger partial charge < -0.3 is 14.4 Å². The molecule has 1 aromatic rings. The minimum absolute atomic E-state index is 0.0410. The van der Waals surface area contributed by atoms with E-state index in [1.165, 1.54) is 88.4 Å². The van der Waals surface area contributed by atoms with Gasteiger partial charge >= 0.3 is 5.97 Å². The Bertz CT molecular complexity index is 1040. The second-order valence-electron chi connectivity index (χ2n) is 13.9. The van der Waals surface area contributed by atoms with Crippen LogP contribution in [-0.4, -0.2) is 43.2 Å². The lowest BCUT2D eigenvalue weighted by Gasteiger charge is -2.61. The van der Waals surface area contributed by atoms with Crippen LogP contribution in [0.5, 0.6) is 5.75 Å². The van der Waals surface area contributed by atoms with Crippen molar-refractivity contribution in [2.24, 2.45) is 34.5 Å². The zero-order chi connectivity index (χ0) is 26.5. The lowest BCUT2D eigenvalue weighted by molar-refractivity contribution is -0.160. The van der Waals surface area contributed by atoms with Crippen molar-refractivity contribution in [1.82, 2.24) is 4.90 Å². The topological polar surface area (TPSA) is 38.8 Å². The number of rotatable bonds is 4. The largest absolute Gasteiger partial charge is 0.497 e. The van der Waals surface area contributed by atoms with Crippen molar-refractivity contribution in [3.63, 3.8) is 0 Å². The molecular weight excluding hydrogens is 470 g/mol. The van der Waals surface area contributed by atoms with Crippen LogP contribution in [0.3, 0.4) is 0 Å². The predicted octanol–water partition coefficient (Wildman–Crippen LogP) is 7.52. The fourth-order valence-electron chi connectivity index (χ4n) is 10.1. The number of nitrogens with zero attached hydrogens (tertiary/aromatic N) is 1. The smallest absolute Gasteiger partial charge is 0.303 e. The maximum absolute atomic E-state index is 12.3. The Labute approximate surface area is 230 Å². The first-order chi connectivity index (χ1) is 18.3. The minimum Gasteiger partial charge on any atom is -0.497 e. The van der Waals surface area contributed by atoms with Crippen LogP contribution in [0, 0.1) is 34.5 Å². The Morgan fingerprint density at radius 1 is 0.947 bits per heavy atom. The number of hydrogen-bond acceptors (Lipinski definition) is 4. The summed E-state index contributed by atoms with van der Waals surface area (Å²) in [5.41, 5.74) is 3.01. The lowest BCUT2D eigenvalue weighted by atomic mass is 9.45. The van der Waals surface area contributed by atoms with Crippen LogP contribution in [0.4, 0.5) is 0 Å². The summed E-state index contributed by atoms with van der Waals surface area (Å²) < 4.78 is 11.5. The van der Waals surface area contributed by atoms with E-state index in [0.717, 1.165) is 36.0 Å². The van der Waals surface area contributed by atoms with Crippen LogP contribution in [0.1, 0.15) is 97.0 Å². The van der Waals surface area contributed by atoms with Crippen molar-refractivity contribution < 1.29 is 14.3 Å². The van der Waals surface area contributed by atoms with Crippen molar-refractivity contribution in [2.75, 3.05) is 20.2 Å². The monoisotopic (exact) mass is 519 g/mol. The van der Waals surface area contributed by atoms with Crippen LogP contribution in [-0.2, 0) is 9.53 Å². The number of hydrogen-bond donors (Lipinski definition) is 0. The lowest BCUT2D eigenvalue weighted by Crippen LogP contribution is -2.56. The van der Waals surface area contributed by atoms with E-state index in [1.54, 1.807) is 14.0 Å². The van der Waals surface area contributed by atoms with Crippen molar-refractivity contribution in [2.45, 2.75) is 104 Å². The molecule has 0 radical (unpaired) electrons. The number of carbonyl (C=O) groups excluding carboxylic acids is 1. The van der Waals surface area contributed by atoms with Gasteiger partial charge in [-0.25, -0.2) is 0 Å². The zero-order valence-corrected chi connectivity index (χ0v) is 24.2. The first-order valence-electron chi connectivity index (χ1n) is 15.6. The molecule has 4 aliphatic carbocycles. The quantitative estimate of drug-likeness (QED) is 0.386. The van der Waals surface area contributed by atoms with Crippen LogP contribution < -0.4 is 4.74 Å². The molecule has 4 heteroatoms. The highest BCUT2D eigenvalue weighted by molar-refractivity contribution is 5.67. The Balaban J connectivity index is 1.24. The van der Waals surface area contributed by atoms with Gasteiger partial charge in [0.15, 0.2) is 0 Å². The number of benzene rings is 1. The van der Waals surface area contributed by atoms with Gasteiger partial charge in [-0.2, -0.15) is 0 Å². The molecule has 0 unspecified atom stereocenters. The van der Waals surface area contributed by atoms with E-state index in [4.69, 9.17) is 9.47 Å². The van der Waals surface area contributed by atoms with Gasteiger partial charge in [-0.3, -0.25) is 4.79 Å². The Kier molecular flexibility index (Phi) is 7.16. The first kappa shape index (κ1) is 26.4. The molecule has 4 saturated carbocycles. The van der Waals surface area contributed by atoms with E-state index in [0.29, 0.717) is 11.3 Å². The van der Waals surface area contributed by atoms with Gasteiger partial charge in [0.25, 0.3) is 0 Å². The van der Waals surface area contributed by atoms with Gasteiger partial charge in [0.05, 0.1) is 7.11 Å². The number of methoxy groups -OCH3 is 1. The molecule has 5 fully saturated rings. The fraction of sp³-hybridized carbons (Fsp3) is 0.735. The third-order valence-electron chi connectivity index (χ3n) is 12.1.